The summed E-state index contributed by atoms with van der Waals surface area (Å²) in [6.45, 7) is 2.33. The van der Waals surface area contributed by atoms with Crippen LogP contribution < -0.4 is 9.64 Å². The Hall–Kier alpha value is -2.36. The Bertz CT molecular complexity index is 1170. The van der Waals surface area contributed by atoms with Crippen molar-refractivity contribution >= 4 is 54.0 Å². The van der Waals surface area contributed by atoms with E-state index in [1.165, 1.54) is 17.6 Å². The van der Waals surface area contributed by atoms with Crippen LogP contribution in [0.5, 0.6) is 5.75 Å². The smallest absolute Gasteiger partial charge is 0.260 e. The fraction of sp³-hybridized carbons (Fsp3) is 0.300. The van der Waals surface area contributed by atoms with Gasteiger partial charge in [0.2, 0.25) is 0 Å². The second-order valence-corrected chi connectivity index (χ2v) is 10.4. The average molecular weight is 466 g/mol. The number of aromatic nitrogens is 1. The number of hydrogen-bond donors (Lipinski definition) is 0. The van der Waals surface area contributed by atoms with Gasteiger partial charge in [0.15, 0.2) is 21.6 Å². The molecule has 4 rings (SSSR count). The summed E-state index contributed by atoms with van der Waals surface area (Å²) in [5.41, 5.74) is 0.509. The van der Waals surface area contributed by atoms with Gasteiger partial charge in [0, 0.05) is 37.5 Å². The van der Waals surface area contributed by atoms with Crippen LogP contribution in [0, 0.1) is 0 Å². The highest BCUT2D eigenvalue weighted by molar-refractivity contribution is 7.91. The van der Waals surface area contributed by atoms with Gasteiger partial charge in [0.25, 0.3) is 5.91 Å². The molecule has 158 valence electrons. The molecule has 2 aromatic carbocycles. The predicted octanol–water partition coefficient (Wildman–Crippen LogP) is 3.08. The summed E-state index contributed by atoms with van der Waals surface area (Å²) in [4.78, 5) is 21.1. The fourth-order valence-electron chi connectivity index (χ4n) is 3.26. The first-order valence-electron chi connectivity index (χ1n) is 9.32. The minimum absolute atomic E-state index is 0.0273. The van der Waals surface area contributed by atoms with Gasteiger partial charge in [-0.3, -0.25) is 4.79 Å². The Kier molecular flexibility index (Phi) is 5.86. The van der Waals surface area contributed by atoms with Gasteiger partial charge in [-0.2, -0.15) is 0 Å². The number of halogens is 1. The number of piperazine rings is 1. The number of hydrogen-bond acceptors (Lipinski definition) is 7. The van der Waals surface area contributed by atoms with Gasteiger partial charge < -0.3 is 14.5 Å². The van der Waals surface area contributed by atoms with Crippen LogP contribution in [-0.2, 0) is 14.6 Å². The number of thiazole rings is 1. The summed E-state index contributed by atoms with van der Waals surface area (Å²) in [7, 11) is -3.35. The SMILES string of the molecule is CS(=O)(=O)c1cccc2sc(N3CCN(C(=O)COc4ccc(Cl)cc4)CC3)nc12. The molecular weight excluding hydrogens is 446 g/mol. The van der Waals surface area contributed by atoms with Crippen LogP contribution >= 0.6 is 22.9 Å². The number of amides is 1. The van der Waals surface area contributed by atoms with Crippen molar-refractivity contribution < 1.29 is 17.9 Å². The van der Waals surface area contributed by atoms with E-state index in [9.17, 15) is 13.2 Å². The van der Waals surface area contributed by atoms with Gasteiger partial charge in [0.05, 0.1) is 9.60 Å². The zero-order valence-corrected chi connectivity index (χ0v) is 18.6. The quantitative estimate of drug-likeness (QED) is 0.576. The van der Waals surface area contributed by atoms with Gasteiger partial charge >= 0.3 is 0 Å². The van der Waals surface area contributed by atoms with E-state index in [1.54, 1.807) is 41.3 Å². The molecule has 1 aliphatic heterocycles. The molecule has 0 aliphatic carbocycles. The Morgan fingerprint density at radius 3 is 2.50 bits per heavy atom. The average Bonchev–Trinajstić information content (AvgIpc) is 3.17. The standard InChI is InChI=1S/C20H20ClN3O4S2/c1-30(26,27)17-4-2-3-16-19(17)22-20(29-16)24-11-9-23(10-12-24)18(25)13-28-15-7-5-14(21)6-8-15/h2-8H,9-13H2,1H3. The van der Waals surface area contributed by atoms with Gasteiger partial charge in [-0.1, -0.05) is 29.0 Å². The first kappa shape index (κ1) is 20.9. The fourth-order valence-corrected chi connectivity index (χ4v) is 5.33. The summed E-state index contributed by atoms with van der Waals surface area (Å²) in [5, 5.41) is 1.38. The van der Waals surface area contributed by atoms with Crippen molar-refractivity contribution in [1.82, 2.24) is 9.88 Å². The van der Waals surface area contributed by atoms with Crippen molar-refractivity contribution in [3.05, 3.63) is 47.5 Å². The van der Waals surface area contributed by atoms with E-state index in [4.69, 9.17) is 16.3 Å². The molecule has 0 spiro atoms. The zero-order chi connectivity index (χ0) is 21.3. The summed E-state index contributed by atoms with van der Waals surface area (Å²) in [6, 6.07) is 12.1. The largest absolute Gasteiger partial charge is 0.484 e. The van der Waals surface area contributed by atoms with E-state index in [-0.39, 0.29) is 17.4 Å². The first-order valence-corrected chi connectivity index (χ1v) is 12.4. The van der Waals surface area contributed by atoms with Crippen molar-refractivity contribution in [2.45, 2.75) is 4.90 Å². The maximum absolute atomic E-state index is 12.5. The maximum atomic E-state index is 12.5. The Labute approximate surface area is 183 Å². The number of rotatable bonds is 5. The molecule has 1 fully saturated rings. The molecule has 7 nitrogen and oxygen atoms in total. The van der Waals surface area contributed by atoms with Crippen molar-refractivity contribution in [3.63, 3.8) is 0 Å². The number of anilines is 1. The zero-order valence-electron chi connectivity index (χ0n) is 16.2. The lowest BCUT2D eigenvalue weighted by atomic mass is 10.3. The molecule has 1 aliphatic rings. The Morgan fingerprint density at radius 1 is 1.13 bits per heavy atom. The number of carbonyl (C=O) groups excluding carboxylic acids is 1. The number of carbonyl (C=O) groups is 1. The van der Waals surface area contributed by atoms with E-state index in [1.807, 2.05) is 6.07 Å². The number of sulfone groups is 1. The highest BCUT2D eigenvalue weighted by Gasteiger charge is 2.24. The van der Waals surface area contributed by atoms with Crippen LogP contribution in [-0.4, -0.2) is 63.3 Å². The van der Waals surface area contributed by atoms with Crippen molar-refractivity contribution in [2.24, 2.45) is 0 Å². The molecule has 0 N–H and O–H groups in total. The van der Waals surface area contributed by atoms with Crippen LogP contribution in [0.15, 0.2) is 47.4 Å². The third-order valence-electron chi connectivity index (χ3n) is 4.85. The highest BCUT2D eigenvalue weighted by Crippen LogP contribution is 2.33. The van der Waals surface area contributed by atoms with Crippen molar-refractivity contribution in [1.29, 1.82) is 0 Å². The Morgan fingerprint density at radius 2 is 1.83 bits per heavy atom. The molecule has 0 unspecified atom stereocenters. The first-order chi connectivity index (χ1) is 14.3. The summed E-state index contributed by atoms with van der Waals surface area (Å²) >= 11 is 7.31. The molecule has 10 heteroatoms. The predicted molar refractivity (Wildman–Crippen MR) is 118 cm³/mol. The molecule has 2 heterocycles. The molecule has 30 heavy (non-hydrogen) atoms. The minimum Gasteiger partial charge on any atom is -0.484 e. The topological polar surface area (TPSA) is 79.8 Å². The molecule has 0 bridgehead atoms. The molecule has 3 aromatic rings. The van der Waals surface area contributed by atoms with Gasteiger partial charge in [0.1, 0.15) is 11.3 Å². The number of para-hydroxylation sites is 1. The van der Waals surface area contributed by atoms with E-state index in [0.717, 1.165) is 9.83 Å². The van der Waals surface area contributed by atoms with Crippen LogP contribution in [0.3, 0.4) is 0 Å². The highest BCUT2D eigenvalue weighted by atomic mass is 35.5. The van der Waals surface area contributed by atoms with E-state index < -0.39 is 9.84 Å². The summed E-state index contributed by atoms with van der Waals surface area (Å²) < 4.78 is 30.4. The Balaban J connectivity index is 1.38. The van der Waals surface area contributed by atoms with Crippen LogP contribution in [0.2, 0.25) is 5.02 Å². The molecule has 1 amide bonds. The van der Waals surface area contributed by atoms with Gasteiger partial charge in [-0.05, 0) is 36.4 Å². The van der Waals surface area contributed by atoms with Crippen LogP contribution in [0.4, 0.5) is 5.13 Å². The van der Waals surface area contributed by atoms with Crippen molar-refractivity contribution in [3.8, 4) is 5.75 Å². The summed E-state index contributed by atoms with van der Waals surface area (Å²) in [5.74, 6) is 0.524. The third-order valence-corrected chi connectivity index (χ3v) is 7.31. The number of ether oxygens (including phenoxy) is 1. The molecular formula is C20H20ClN3O4S2. The lowest BCUT2D eigenvalue weighted by Gasteiger charge is -2.34. The second-order valence-electron chi connectivity index (χ2n) is 6.98. The van der Waals surface area contributed by atoms with Crippen molar-refractivity contribution in [2.75, 3.05) is 43.9 Å². The normalized spacial score (nSPS) is 14.9. The molecule has 0 radical (unpaired) electrons. The maximum Gasteiger partial charge on any atom is 0.260 e. The number of benzene rings is 2. The molecule has 1 saturated heterocycles. The number of fused-ring (bicyclic) bond motifs is 1. The lowest BCUT2D eigenvalue weighted by molar-refractivity contribution is -0.133. The van der Waals surface area contributed by atoms with Crippen LogP contribution in [0.1, 0.15) is 0 Å². The van der Waals surface area contributed by atoms with E-state index in [2.05, 4.69) is 9.88 Å². The van der Waals surface area contributed by atoms with E-state index >= 15 is 0 Å². The molecule has 0 saturated carbocycles. The lowest BCUT2D eigenvalue weighted by Crippen LogP contribution is -2.50. The molecule has 0 atom stereocenters. The number of nitrogens with zero attached hydrogens (tertiary/aromatic N) is 3. The monoisotopic (exact) mass is 465 g/mol. The van der Waals surface area contributed by atoms with E-state index in [0.29, 0.717) is 42.5 Å². The third kappa shape index (κ3) is 4.53. The van der Waals surface area contributed by atoms with Gasteiger partial charge in [-0.15, -0.1) is 0 Å². The second kappa shape index (κ2) is 8.41. The van der Waals surface area contributed by atoms with Crippen LogP contribution in [0.25, 0.3) is 10.2 Å². The van der Waals surface area contributed by atoms with Gasteiger partial charge in [-0.25, -0.2) is 13.4 Å². The summed E-state index contributed by atoms with van der Waals surface area (Å²) in [6.07, 6.45) is 1.19. The molecule has 1 aromatic heterocycles. The minimum atomic E-state index is -3.35.